The maximum absolute atomic E-state index is 5.41. The summed E-state index contributed by atoms with van der Waals surface area (Å²) in [6.07, 6.45) is 1.89. The minimum Gasteiger partial charge on any atom is -0.256 e. The Morgan fingerprint density at radius 2 is 0.727 bits per heavy atom. The van der Waals surface area contributed by atoms with Gasteiger partial charge in [0.25, 0.3) is 0 Å². The lowest BCUT2D eigenvalue weighted by Crippen LogP contribution is -1.97. The third kappa shape index (κ3) is 5.73. The Morgan fingerprint density at radius 1 is 0.258 bits per heavy atom. The van der Waals surface area contributed by atoms with E-state index in [-0.39, 0.29) is 0 Å². The molecule has 0 aliphatic rings. The van der Waals surface area contributed by atoms with Crippen LogP contribution in [0, 0.1) is 0 Å². The standard InChI is InChI=1S/C63H37N3/c1-2-8-46(9-3-1)63-65-57(39-18-16-38(17-19-39)52-32-33-64-56-15-5-4-14-53(52)56)37-58(66-63)49-35-47(50-28-24-44-22-20-40-10-6-12-42-26-30-54(50)61(44)59(40)42)34-48(36-49)51-29-25-45-23-21-41-11-7-13-43-27-31-55(51)62(45)60(41)43/h1-37H. The van der Waals surface area contributed by atoms with E-state index in [9.17, 15) is 0 Å². The Balaban J connectivity index is 1.01. The molecule has 0 unspecified atom stereocenters. The Hall–Kier alpha value is -8.79. The van der Waals surface area contributed by atoms with Gasteiger partial charge in [0.15, 0.2) is 5.82 Å². The van der Waals surface area contributed by atoms with E-state index in [1.807, 2.05) is 18.3 Å². The van der Waals surface area contributed by atoms with E-state index >= 15 is 0 Å². The van der Waals surface area contributed by atoms with Crippen LogP contribution in [-0.2, 0) is 0 Å². The van der Waals surface area contributed by atoms with E-state index in [1.54, 1.807) is 0 Å². The second kappa shape index (κ2) is 14.4. The highest BCUT2D eigenvalue weighted by Crippen LogP contribution is 2.44. The summed E-state index contributed by atoms with van der Waals surface area (Å²) in [7, 11) is 0. The van der Waals surface area contributed by atoms with E-state index in [4.69, 9.17) is 9.97 Å². The van der Waals surface area contributed by atoms with Crippen molar-refractivity contribution < 1.29 is 0 Å². The van der Waals surface area contributed by atoms with E-state index in [0.717, 1.165) is 61.2 Å². The van der Waals surface area contributed by atoms with Gasteiger partial charge in [0.1, 0.15) is 0 Å². The van der Waals surface area contributed by atoms with Crippen molar-refractivity contribution in [3.05, 3.63) is 225 Å². The summed E-state index contributed by atoms with van der Waals surface area (Å²) < 4.78 is 0. The smallest absolute Gasteiger partial charge is 0.160 e. The highest BCUT2D eigenvalue weighted by atomic mass is 14.9. The third-order valence-corrected chi connectivity index (χ3v) is 13.8. The van der Waals surface area contributed by atoms with Crippen LogP contribution in [0.3, 0.4) is 0 Å². The van der Waals surface area contributed by atoms with Gasteiger partial charge in [-0.1, -0.05) is 182 Å². The topological polar surface area (TPSA) is 38.7 Å². The van der Waals surface area contributed by atoms with Crippen molar-refractivity contribution in [1.29, 1.82) is 0 Å². The summed E-state index contributed by atoms with van der Waals surface area (Å²) in [5, 5.41) is 16.4. The number of fused-ring (bicyclic) bond motifs is 1. The highest BCUT2D eigenvalue weighted by Gasteiger charge is 2.19. The fourth-order valence-corrected chi connectivity index (χ4v) is 10.7. The van der Waals surface area contributed by atoms with Crippen LogP contribution in [0.1, 0.15) is 0 Å². The van der Waals surface area contributed by atoms with Gasteiger partial charge in [0.2, 0.25) is 0 Å². The first-order valence-electron chi connectivity index (χ1n) is 22.6. The summed E-state index contributed by atoms with van der Waals surface area (Å²) in [5.41, 5.74) is 12.7. The molecule has 0 aliphatic heterocycles. The number of hydrogen-bond donors (Lipinski definition) is 0. The summed E-state index contributed by atoms with van der Waals surface area (Å²) >= 11 is 0. The summed E-state index contributed by atoms with van der Waals surface area (Å²) in [5.74, 6) is 0.685. The monoisotopic (exact) mass is 835 g/mol. The zero-order chi connectivity index (χ0) is 43.3. The van der Waals surface area contributed by atoms with Gasteiger partial charge < -0.3 is 0 Å². The predicted molar refractivity (Wildman–Crippen MR) is 277 cm³/mol. The molecule has 12 aromatic carbocycles. The van der Waals surface area contributed by atoms with E-state index < -0.39 is 0 Å². The lowest BCUT2D eigenvalue weighted by Gasteiger charge is -2.18. The number of para-hydroxylation sites is 1. The van der Waals surface area contributed by atoms with Gasteiger partial charge in [0.05, 0.1) is 16.9 Å². The van der Waals surface area contributed by atoms with Crippen LogP contribution in [-0.4, -0.2) is 15.0 Å². The first-order valence-corrected chi connectivity index (χ1v) is 22.6. The molecular weight excluding hydrogens is 799 g/mol. The van der Waals surface area contributed by atoms with E-state index in [0.29, 0.717) is 5.82 Å². The minimum absolute atomic E-state index is 0.685. The third-order valence-electron chi connectivity index (χ3n) is 13.8. The molecule has 0 bridgehead atoms. The molecule has 304 valence electrons. The van der Waals surface area contributed by atoms with Crippen LogP contribution in [0.15, 0.2) is 225 Å². The number of benzene rings is 12. The molecule has 3 heteroatoms. The van der Waals surface area contributed by atoms with Crippen molar-refractivity contribution >= 4 is 75.5 Å². The number of hydrogen-bond acceptors (Lipinski definition) is 3. The van der Waals surface area contributed by atoms with Crippen molar-refractivity contribution in [2.45, 2.75) is 0 Å². The molecule has 3 nitrogen and oxygen atoms in total. The lowest BCUT2D eigenvalue weighted by molar-refractivity contribution is 1.18. The normalized spacial score (nSPS) is 11.9. The predicted octanol–water partition coefficient (Wildman–Crippen LogP) is 16.8. The number of nitrogens with zero attached hydrogens (tertiary/aromatic N) is 3. The second-order valence-electron chi connectivity index (χ2n) is 17.5. The van der Waals surface area contributed by atoms with Gasteiger partial charge in [-0.3, -0.25) is 4.98 Å². The molecule has 14 aromatic rings. The zero-order valence-electron chi connectivity index (χ0n) is 35.7. The molecule has 0 fully saturated rings. The molecule has 2 aromatic heterocycles. The molecule has 0 radical (unpaired) electrons. The number of rotatable bonds is 6. The minimum atomic E-state index is 0.685. The quantitative estimate of drug-likeness (QED) is 0.157. The SMILES string of the molecule is c1ccc(-c2nc(-c3ccc(-c4ccnc5ccccc45)cc3)cc(-c3cc(-c4ccc5ccc6cccc7ccc4c5c67)cc(-c4ccc5ccc6cccc7ccc4c5c67)c3)n2)cc1. The molecule has 0 atom stereocenters. The number of aromatic nitrogens is 3. The molecule has 0 amide bonds. The fourth-order valence-electron chi connectivity index (χ4n) is 10.7. The van der Waals surface area contributed by atoms with Crippen LogP contribution in [0.4, 0.5) is 0 Å². The Labute approximate surface area is 380 Å². The van der Waals surface area contributed by atoms with Crippen molar-refractivity contribution in [2.75, 3.05) is 0 Å². The molecule has 0 spiro atoms. The molecular formula is C63H37N3. The van der Waals surface area contributed by atoms with Crippen LogP contribution >= 0.6 is 0 Å². The van der Waals surface area contributed by atoms with E-state index in [2.05, 4.69) is 211 Å². The van der Waals surface area contributed by atoms with Crippen LogP contribution in [0.5, 0.6) is 0 Å². The van der Waals surface area contributed by atoms with Crippen molar-refractivity contribution in [3.8, 4) is 67.3 Å². The van der Waals surface area contributed by atoms with Gasteiger partial charge >= 0.3 is 0 Å². The van der Waals surface area contributed by atoms with Gasteiger partial charge in [-0.15, -0.1) is 0 Å². The molecule has 2 heterocycles. The zero-order valence-corrected chi connectivity index (χ0v) is 35.7. The average Bonchev–Trinajstić information content (AvgIpc) is 3.39. The Kier molecular flexibility index (Phi) is 7.98. The lowest BCUT2D eigenvalue weighted by atomic mass is 9.86. The highest BCUT2D eigenvalue weighted by molar-refractivity contribution is 6.27. The Morgan fingerprint density at radius 3 is 1.33 bits per heavy atom. The first kappa shape index (κ1) is 36.7. The van der Waals surface area contributed by atoms with Gasteiger partial charge in [-0.05, 0) is 134 Å². The van der Waals surface area contributed by atoms with Crippen molar-refractivity contribution in [1.82, 2.24) is 15.0 Å². The maximum atomic E-state index is 5.41. The van der Waals surface area contributed by atoms with Crippen molar-refractivity contribution in [2.24, 2.45) is 0 Å². The first-order chi connectivity index (χ1) is 32.7. The molecule has 0 aliphatic carbocycles. The van der Waals surface area contributed by atoms with Gasteiger partial charge in [-0.2, -0.15) is 0 Å². The number of pyridine rings is 1. The van der Waals surface area contributed by atoms with Crippen molar-refractivity contribution in [3.63, 3.8) is 0 Å². The summed E-state index contributed by atoms with van der Waals surface area (Å²) in [4.78, 5) is 15.3. The maximum Gasteiger partial charge on any atom is 0.160 e. The van der Waals surface area contributed by atoms with E-state index in [1.165, 1.54) is 75.8 Å². The summed E-state index contributed by atoms with van der Waals surface area (Å²) in [6.45, 7) is 0. The molecule has 0 saturated heterocycles. The largest absolute Gasteiger partial charge is 0.256 e. The van der Waals surface area contributed by atoms with Gasteiger partial charge in [0, 0.05) is 28.3 Å². The second-order valence-corrected chi connectivity index (χ2v) is 17.5. The Bertz CT molecular complexity index is 4010. The van der Waals surface area contributed by atoms with Crippen LogP contribution in [0.2, 0.25) is 0 Å². The molecule has 66 heavy (non-hydrogen) atoms. The molecule has 0 saturated carbocycles. The summed E-state index contributed by atoms with van der Waals surface area (Å²) in [6, 6.07) is 79.4. The average molecular weight is 836 g/mol. The van der Waals surface area contributed by atoms with Crippen LogP contribution in [0.25, 0.3) is 143 Å². The fraction of sp³-hybridized carbons (Fsp3) is 0. The molecule has 14 rings (SSSR count). The molecule has 0 N–H and O–H groups in total. The van der Waals surface area contributed by atoms with Gasteiger partial charge in [-0.25, -0.2) is 9.97 Å². The van der Waals surface area contributed by atoms with Crippen LogP contribution < -0.4 is 0 Å².